The van der Waals surface area contributed by atoms with Crippen LogP contribution in [0.4, 0.5) is 22.1 Å². The van der Waals surface area contributed by atoms with Crippen LogP contribution in [0, 0.1) is 0 Å². The Hall–Kier alpha value is -4.14. The first-order valence-electron chi connectivity index (χ1n) is 10.7. The molecule has 0 unspecified atom stereocenters. The topological polar surface area (TPSA) is 125 Å². The number of nitrogen functional groups attached to an aromatic ring is 1. The summed E-state index contributed by atoms with van der Waals surface area (Å²) in [6, 6.07) is 16.9. The van der Waals surface area contributed by atoms with Gasteiger partial charge in [0.25, 0.3) is 5.91 Å². The van der Waals surface area contributed by atoms with Gasteiger partial charge < -0.3 is 21.1 Å². The zero-order valence-electron chi connectivity index (χ0n) is 17.9. The summed E-state index contributed by atoms with van der Waals surface area (Å²) < 4.78 is 0. The van der Waals surface area contributed by atoms with Crippen molar-refractivity contribution in [1.82, 2.24) is 14.9 Å². The van der Waals surface area contributed by atoms with Gasteiger partial charge in [0.15, 0.2) is 0 Å². The maximum Gasteiger partial charge on any atom is 0.407 e. The molecule has 168 valence electrons. The Balaban J connectivity index is 1.34. The number of carboxylic acid groups (broad SMARTS) is 1. The molecule has 9 heteroatoms. The number of hydrogen-bond donors (Lipinski definition) is 3. The van der Waals surface area contributed by atoms with Crippen molar-refractivity contribution in [2.24, 2.45) is 0 Å². The number of rotatable bonds is 5. The molecule has 2 fully saturated rings. The van der Waals surface area contributed by atoms with Gasteiger partial charge in [-0.05, 0) is 30.5 Å². The molecule has 5 rings (SSSR count). The average molecular weight is 444 g/mol. The second kappa shape index (κ2) is 8.09. The number of para-hydroxylation sites is 2. The number of piperazine rings is 1. The Kier molecular flexibility index (Phi) is 5.08. The van der Waals surface area contributed by atoms with E-state index in [1.54, 1.807) is 29.2 Å². The Morgan fingerprint density at radius 2 is 1.79 bits per heavy atom. The molecular formula is C24H24N6O3. The van der Waals surface area contributed by atoms with Crippen molar-refractivity contribution < 1.29 is 14.7 Å². The van der Waals surface area contributed by atoms with Crippen molar-refractivity contribution in [3.05, 3.63) is 78.1 Å². The molecule has 9 nitrogen and oxygen atoms in total. The SMILES string of the molecule is Nc1ccccc1NC(=O)c1cnc(N2C[C@]3(Cc4ccccc4)C[C@H]2CN3C(=O)O)nc1. The van der Waals surface area contributed by atoms with Gasteiger partial charge in [0.05, 0.1) is 28.5 Å². The maximum atomic E-state index is 12.6. The van der Waals surface area contributed by atoms with Crippen LogP contribution in [0.15, 0.2) is 67.0 Å². The lowest BCUT2D eigenvalue weighted by atomic mass is 9.90. The molecule has 0 saturated carbocycles. The summed E-state index contributed by atoms with van der Waals surface area (Å²) >= 11 is 0. The summed E-state index contributed by atoms with van der Waals surface area (Å²) in [5.74, 6) is 0.149. The molecule has 1 aromatic heterocycles. The third kappa shape index (κ3) is 3.82. The number of hydrogen-bond acceptors (Lipinski definition) is 6. The van der Waals surface area contributed by atoms with Crippen LogP contribution in [0.2, 0.25) is 0 Å². The number of aromatic nitrogens is 2. The number of anilines is 3. The number of carbonyl (C=O) groups excluding carboxylic acids is 1. The normalized spacial score (nSPS) is 21.3. The summed E-state index contributed by atoms with van der Waals surface area (Å²) in [4.78, 5) is 37.0. The first kappa shape index (κ1) is 20.7. The first-order chi connectivity index (χ1) is 15.9. The first-order valence-corrected chi connectivity index (χ1v) is 10.7. The summed E-state index contributed by atoms with van der Waals surface area (Å²) in [5.41, 5.74) is 7.78. The van der Waals surface area contributed by atoms with Crippen LogP contribution < -0.4 is 16.0 Å². The molecule has 3 heterocycles. The third-order valence-corrected chi connectivity index (χ3v) is 6.46. The van der Waals surface area contributed by atoms with Gasteiger partial charge >= 0.3 is 6.09 Å². The maximum absolute atomic E-state index is 12.6. The monoisotopic (exact) mass is 444 g/mol. The van der Waals surface area contributed by atoms with Crippen LogP contribution >= 0.6 is 0 Å². The molecular weight excluding hydrogens is 420 g/mol. The van der Waals surface area contributed by atoms with E-state index in [4.69, 9.17) is 5.73 Å². The van der Waals surface area contributed by atoms with Crippen molar-refractivity contribution in [2.75, 3.05) is 29.0 Å². The van der Waals surface area contributed by atoms with E-state index >= 15 is 0 Å². The lowest BCUT2D eigenvalue weighted by molar-refractivity contribution is 0.0998. The highest BCUT2D eigenvalue weighted by Crippen LogP contribution is 2.43. The largest absolute Gasteiger partial charge is 0.465 e. The molecule has 2 aliphatic heterocycles. The van der Waals surface area contributed by atoms with E-state index in [2.05, 4.69) is 20.2 Å². The van der Waals surface area contributed by atoms with E-state index in [9.17, 15) is 14.7 Å². The van der Waals surface area contributed by atoms with Crippen LogP contribution in [0.1, 0.15) is 22.3 Å². The minimum absolute atomic E-state index is 0.00592. The molecule has 2 atom stereocenters. The van der Waals surface area contributed by atoms with Gasteiger partial charge in [-0.15, -0.1) is 0 Å². The number of nitrogens with one attached hydrogen (secondary N) is 1. The van der Waals surface area contributed by atoms with Gasteiger partial charge in [0, 0.05) is 25.5 Å². The number of nitrogens with two attached hydrogens (primary N) is 1. The molecule has 0 spiro atoms. The van der Waals surface area contributed by atoms with Crippen LogP contribution in [-0.2, 0) is 6.42 Å². The number of carbonyl (C=O) groups is 2. The van der Waals surface area contributed by atoms with E-state index in [1.807, 2.05) is 30.3 Å². The lowest BCUT2D eigenvalue weighted by Crippen LogP contribution is -2.57. The Morgan fingerprint density at radius 1 is 1.09 bits per heavy atom. The van der Waals surface area contributed by atoms with Crippen molar-refractivity contribution in [2.45, 2.75) is 24.4 Å². The van der Waals surface area contributed by atoms with Crippen LogP contribution in [-0.4, -0.2) is 56.6 Å². The summed E-state index contributed by atoms with van der Waals surface area (Å²) in [6.45, 7) is 0.909. The van der Waals surface area contributed by atoms with Crippen LogP contribution in [0.25, 0.3) is 0 Å². The molecule has 2 amide bonds. The van der Waals surface area contributed by atoms with Gasteiger partial charge in [0.2, 0.25) is 5.95 Å². The van der Waals surface area contributed by atoms with Gasteiger partial charge in [-0.2, -0.15) is 0 Å². The number of amides is 2. The van der Waals surface area contributed by atoms with Crippen LogP contribution in [0.5, 0.6) is 0 Å². The average Bonchev–Trinajstić information content (AvgIpc) is 3.37. The van der Waals surface area contributed by atoms with Crippen molar-refractivity contribution >= 4 is 29.3 Å². The lowest BCUT2D eigenvalue weighted by Gasteiger charge is -2.40. The highest BCUT2D eigenvalue weighted by atomic mass is 16.4. The minimum atomic E-state index is -0.902. The van der Waals surface area contributed by atoms with Gasteiger partial charge in [-0.1, -0.05) is 42.5 Å². The predicted octanol–water partition coefficient (Wildman–Crippen LogP) is 2.86. The Labute approximate surface area is 190 Å². The predicted molar refractivity (Wildman–Crippen MR) is 124 cm³/mol. The molecule has 4 N–H and O–H groups in total. The van der Waals surface area contributed by atoms with E-state index in [1.165, 1.54) is 12.4 Å². The number of benzene rings is 2. The molecule has 0 aliphatic carbocycles. The molecule has 2 aliphatic rings. The minimum Gasteiger partial charge on any atom is -0.465 e. The molecule has 3 aromatic rings. The summed E-state index contributed by atoms with van der Waals surface area (Å²) in [5, 5.41) is 12.6. The standard InChI is InChI=1S/C24H24N6O3/c25-19-8-4-5-9-20(19)28-21(31)17-12-26-22(27-13-17)29-15-24(10-16-6-2-1-3-7-16)11-18(29)14-30(24)23(32)33/h1-9,12-13,18H,10-11,14-15,25H2,(H,28,31)(H,32,33)/t18-,24-/m0/s1. The van der Waals surface area contributed by atoms with Crippen LogP contribution in [0.3, 0.4) is 0 Å². The molecule has 2 bridgehead atoms. The zero-order chi connectivity index (χ0) is 23.0. The van der Waals surface area contributed by atoms with Gasteiger partial charge in [-0.3, -0.25) is 9.69 Å². The molecule has 33 heavy (non-hydrogen) atoms. The quantitative estimate of drug-likeness (QED) is 0.517. The van der Waals surface area contributed by atoms with Crippen molar-refractivity contribution in [1.29, 1.82) is 0 Å². The fourth-order valence-corrected chi connectivity index (χ4v) is 4.93. The summed E-state index contributed by atoms with van der Waals surface area (Å²) in [7, 11) is 0. The van der Waals surface area contributed by atoms with Gasteiger partial charge in [0.1, 0.15) is 0 Å². The number of likely N-dealkylation sites (tertiary alicyclic amines) is 1. The van der Waals surface area contributed by atoms with Gasteiger partial charge in [-0.25, -0.2) is 14.8 Å². The van der Waals surface area contributed by atoms with Crippen molar-refractivity contribution in [3.63, 3.8) is 0 Å². The van der Waals surface area contributed by atoms with E-state index in [0.29, 0.717) is 48.8 Å². The fourth-order valence-electron chi connectivity index (χ4n) is 4.93. The molecule has 2 saturated heterocycles. The second-order valence-electron chi connectivity index (χ2n) is 8.58. The number of fused-ring (bicyclic) bond motifs is 2. The van der Waals surface area contributed by atoms with E-state index in [0.717, 1.165) is 5.56 Å². The molecule has 0 radical (unpaired) electrons. The summed E-state index contributed by atoms with van der Waals surface area (Å²) in [6.07, 6.45) is 3.42. The zero-order valence-corrected chi connectivity index (χ0v) is 17.9. The highest BCUT2D eigenvalue weighted by Gasteiger charge is 2.57. The Morgan fingerprint density at radius 3 is 2.48 bits per heavy atom. The van der Waals surface area contributed by atoms with E-state index in [-0.39, 0.29) is 11.9 Å². The van der Waals surface area contributed by atoms with Crippen molar-refractivity contribution in [3.8, 4) is 0 Å². The third-order valence-electron chi connectivity index (χ3n) is 6.46. The molecule has 2 aromatic carbocycles. The fraction of sp³-hybridized carbons (Fsp3) is 0.250. The smallest absolute Gasteiger partial charge is 0.407 e. The Bertz CT molecular complexity index is 1190. The highest BCUT2D eigenvalue weighted by molar-refractivity contribution is 6.05. The second-order valence-corrected chi connectivity index (χ2v) is 8.58. The number of nitrogens with zero attached hydrogens (tertiary/aromatic N) is 4. The van der Waals surface area contributed by atoms with E-state index < -0.39 is 11.6 Å².